The Balaban J connectivity index is 1.32. The zero-order chi connectivity index (χ0) is 21.3. The number of carbonyl (C=O) groups is 3. The fourth-order valence-electron chi connectivity index (χ4n) is 3.88. The van der Waals surface area contributed by atoms with E-state index in [0.29, 0.717) is 25.4 Å². The molecule has 4 rings (SSSR count). The maximum absolute atomic E-state index is 12.5. The smallest absolute Gasteiger partial charge is 0.322 e. The van der Waals surface area contributed by atoms with Crippen LogP contribution in [0.25, 0.3) is 10.6 Å². The standard InChI is InChI=1S/C20H24N6O3S/c1-11-17(14-5-8-21-12(2)23-14)30-19(22-11)13-6-9-26(10-7-13)16(27)4-3-15-18(28)25-20(29)24-15/h5,8,13,15H,3-4,6-7,9-10H2,1-2H3,(H2,24,25,28,29)/t15-/m0/s1. The Morgan fingerprint density at radius 3 is 2.67 bits per heavy atom. The van der Waals surface area contributed by atoms with Crippen LogP contribution in [0.4, 0.5) is 4.79 Å². The first kappa shape index (κ1) is 20.4. The first-order chi connectivity index (χ1) is 14.4. The van der Waals surface area contributed by atoms with E-state index in [2.05, 4.69) is 20.6 Å². The maximum Gasteiger partial charge on any atom is 0.322 e. The Labute approximate surface area is 178 Å². The number of aromatic nitrogens is 3. The van der Waals surface area contributed by atoms with Crippen LogP contribution in [0.1, 0.15) is 48.1 Å². The molecule has 9 nitrogen and oxygen atoms in total. The van der Waals surface area contributed by atoms with Gasteiger partial charge in [-0.25, -0.2) is 19.7 Å². The minimum Gasteiger partial charge on any atom is -0.343 e. The second kappa shape index (κ2) is 8.47. The minimum absolute atomic E-state index is 0.0230. The molecule has 158 valence electrons. The minimum atomic E-state index is -0.610. The van der Waals surface area contributed by atoms with Crippen LogP contribution in [0.5, 0.6) is 0 Å². The van der Waals surface area contributed by atoms with Crippen molar-refractivity contribution >= 4 is 29.2 Å². The molecular formula is C20H24N6O3S. The van der Waals surface area contributed by atoms with E-state index in [9.17, 15) is 14.4 Å². The summed E-state index contributed by atoms with van der Waals surface area (Å²) in [6.07, 6.45) is 4.06. The van der Waals surface area contributed by atoms with E-state index >= 15 is 0 Å². The molecule has 4 amide bonds. The molecule has 2 aromatic heterocycles. The van der Waals surface area contributed by atoms with Gasteiger partial charge < -0.3 is 10.2 Å². The monoisotopic (exact) mass is 428 g/mol. The molecule has 0 bridgehead atoms. The number of rotatable bonds is 5. The number of urea groups is 1. The molecule has 0 spiro atoms. The second-order valence-corrected chi connectivity index (χ2v) is 8.70. The van der Waals surface area contributed by atoms with E-state index in [-0.39, 0.29) is 18.2 Å². The van der Waals surface area contributed by atoms with Crippen molar-refractivity contribution in [3.8, 4) is 10.6 Å². The molecule has 2 fully saturated rings. The number of nitrogens with zero attached hydrogens (tertiary/aromatic N) is 4. The summed E-state index contributed by atoms with van der Waals surface area (Å²) in [6.45, 7) is 5.23. The number of carbonyl (C=O) groups excluding carboxylic acids is 3. The van der Waals surface area contributed by atoms with Crippen LogP contribution in [0, 0.1) is 13.8 Å². The first-order valence-corrected chi connectivity index (χ1v) is 10.9. The first-order valence-electron chi connectivity index (χ1n) is 10.1. The van der Waals surface area contributed by atoms with Crippen molar-refractivity contribution in [2.24, 2.45) is 0 Å². The fraction of sp³-hybridized carbons (Fsp3) is 0.500. The zero-order valence-electron chi connectivity index (χ0n) is 17.0. The molecule has 2 aromatic rings. The third-order valence-corrected chi connectivity index (χ3v) is 6.87. The van der Waals surface area contributed by atoms with Gasteiger partial charge in [0, 0.05) is 31.6 Å². The van der Waals surface area contributed by atoms with Crippen LogP contribution < -0.4 is 10.6 Å². The molecule has 0 aromatic carbocycles. The van der Waals surface area contributed by atoms with Crippen LogP contribution in [0.2, 0.25) is 0 Å². The Morgan fingerprint density at radius 2 is 2.00 bits per heavy atom. The summed E-state index contributed by atoms with van der Waals surface area (Å²) in [5.74, 6) is 0.729. The lowest BCUT2D eigenvalue weighted by molar-refractivity contribution is -0.132. The Bertz CT molecular complexity index is 983. The van der Waals surface area contributed by atoms with Gasteiger partial charge >= 0.3 is 6.03 Å². The van der Waals surface area contributed by atoms with Crippen molar-refractivity contribution in [1.82, 2.24) is 30.5 Å². The van der Waals surface area contributed by atoms with Crippen molar-refractivity contribution in [1.29, 1.82) is 0 Å². The molecule has 0 radical (unpaired) electrons. The van der Waals surface area contributed by atoms with Crippen LogP contribution in [0.3, 0.4) is 0 Å². The van der Waals surface area contributed by atoms with Gasteiger partial charge in [-0.1, -0.05) is 0 Å². The van der Waals surface area contributed by atoms with Gasteiger partial charge in [-0.15, -0.1) is 11.3 Å². The highest BCUT2D eigenvalue weighted by atomic mass is 32.1. The third kappa shape index (κ3) is 4.33. The summed E-state index contributed by atoms with van der Waals surface area (Å²) < 4.78 is 0. The average Bonchev–Trinajstić information content (AvgIpc) is 3.27. The number of likely N-dealkylation sites (tertiary alicyclic amines) is 1. The molecular weight excluding hydrogens is 404 g/mol. The molecule has 2 N–H and O–H groups in total. The average molecular weight is 429 g/mol. The van der Waals surface area contributed by atoms with Gasteiger partial charge in [0.05, 0.1) is 21.3 Å². The van der Waals surface area contributed by atoms with Crippen molar-refractivity contribution in [2.45, 2.75) is 51.5 Å². The van der Waals surface area contributed by atoms with Crippen molar-refractivity contribution in [3.05, 3.63) is 28.8 Å². The van der Waals surface area contributed by atoms with Gasteiger partial charge in [0.15, 0.2) is 0 Å². The largest absolute Gasteiger partial charge is 0.343 e. The molecule has 4 heterocycles. The molecule has 2 saturated heterocycles. The van der Waals surface area contributed by atoms with Crippen molar-refractivity contribution in [3.63, 3.8) is 0 Å². The van der Waals surface area contributed by atoms with E-state index < -0.39 is 12.1 Å². The van der Waals surface area contributed by atoms with Gasteiger partial charge in [-0.2, -0.15) is 0 Å². The predicted octanol–water partition coefficient (Wildman–Crippen LogP) is 1.91. The Hall–Kier alpha value is -2.88. The van der Waals surface area contributed by atoms with Crippen LogP contribution >= 0.6 is 11.3 Å². The highest BCUT2D eigenvalue weighted by Gasteiger charge is 2.31. The third-order valence-electron chi connectivity index (χ3n) is 5.52. The van der Waals surface area contributed by atoms with Crippen molar-refractivity contribution < 1.29 is 14.4 Å². The lowest BCUT2D eigenvalue weighted by Gasteiger charge is -2.31. The van der Waals surface area contributed by atoms with E-state index in [1.54, 1.807) is 17.5 Å². The highest BCUT2D eigenvalue weighted by molar-refractivity contribution is 7.15. The van der Waals surface area contributed by atoms with Crippen LogP contribution in [0.15, 0.2) is 12.3 Å². The zero-order valence-corrected chi connectivity index (χ0v) is 17.8. The molecule has 0 saturated carbocycles. The van der Waals surface area contributed by atoms with Gasteiger partial charge in [0.1, 0.15) is 11.9 Å². The molecule has 0 unspecified atom stereocenters. The quantitative estimate of drug-likeness (QED) is 0.703. The van der Waals surface area contributed by atoms with E-state index in [0.717, 1.165) is 39.9 Å². The maximum atomic E-state index is 12.5. The summed E-state index contributed by atoms with van der Waals surface area (Å²) in [4.78, 5) is 51.6. The number of imide groups is 1. The van der Waals surface area contributed by atoms with Gasteiger partial charge in [-0.3, -0.25) is 14.9 Å². The summed E-state index contributed by atoms with van der Waals surface area (Å²) in [6, 6.07) is 0.806. The number of aryl methyl sites for hydroxylation is 2. The lowest BCUT2D eigenvalue weighted by Crippen LogP contribution is -2.39. The number of piperidine rings is 1. The molecule has 10 heteroatoms. The fourth-order valence-corrected chi connectivity index (χ4v) is 5.08. The van der Waals surface area contributed by atoms with Gasteiger partial charge in [0.2, 0.25) is 5.91 Å². The summed E-state index contributed by atoms with van der Waals surface area (Å²) in [7, 11) is 0. The number of hydrogen-bond acceptors (Lipinski definition) is 7. The molecule has 2 aliphatic rings. The normalized spacial score (nSPS) is 19.7. The van der Waals surface area contributed by atoms with E-state index in [1.165, 1.54) is 0 Å². The number of hydrogen-bond donors (Lipinski definition) is 2. The van der Waals surface area contributed by atoms with E-state index in [4.69, 9.17) is 4.98 Å². The summed E-state index contributed by atoms with van der Waals surface area (Å²) in [5.41, 5.74) is 1.88. The topological polar surface area (TPSA) is 117 Å². The van der Waals surface area contributed by atoms with Crippen molar-refractivity contribution in [2.75, 3.05) is 13.1 Å². The molecule has 2 aliphatic heterocycles. The van der Waals surface area contributed by atoms with Gasteiger partial charge in [-0.05, 0) is 39.2 Å². The molecule has 0 aliphatic carbocycles. The predicted molar refractivity (Wildman–Crippen MR) is 111 cm³/mol. The second-order valence-electron chi connectivity index (χ2n) is 7.66. The SMILES string of the molecule is Cc1nccc(-c2sc(C3CCN(C(=O)CC[C@@H]4NC(=O)NC4=O)CC3)nc2C)n1. The lowest BCUT2D eigenvalue weighted by atomic mass is 9.97. The number of thiazole rings is 1. The van der Waals surface area contributed by atoms with E-state index in [1.807, 2.05) is 24.8 Å². The highest BCUT2D eigenvalue weighted by Crippen LogP contribution is 2.36. The number of nitrogens with one attached hydrogen (secondary N) is 2. The summed E-state index contributed by atoms with van der Waals surface area (Å²) >= 11 is 1.68. The van der Waals surface area contributed by atoms with Crippen LogP contribution in [-0.4, -0.2) is 56.8 Å². The summed E-state index contributed by atoms with van der Waals surface area (Å²) in [5, 5.41) is 5.81. The van der Waals surface area contributed by atoms with Gasteiger partial charge in [0.25, 0.3) is 5.91 Å². The molecule has 30 heavy (non-hydrogen) atoms. The Kier molecular flexibility index (Phi) is 5.76. The molecule has 1 atom stereocenters. The van der Waals surface area contributed by atoms with Crippen LogP contribution in [-0.2, 0) is 9.59 Å². The Morgan fingerprint density at radius 1 is 1.23 bits per heavy atom. The number of amides is 4.